The van der Waals surface area contributed by atoms with Crippen LogP contribution in [0.4, 0.5) is 0 Å². The van der Waals surface area contributed by atoms with Gasteiger partial charge in [-0.1, -0.05) is 6.04 Å². The van der Waals surface area contributed by atoms with E-state index in [0.29, 0.717) is 5.73 Å². The van der Waals surface area contributed by atoms with E-state index in [9.17, 15) is 0 Å². The first-order valence-corrected chi connectivity index (χ1v) is 9.78. The summed E-state index contributed by atoms with van der Waals surface area (Å²) in [6, 6.07) is 2.12. The van der Waals surface area contributed by atoms with Crippen molar-refractivity contribution in [2.24, 2.45) is 0 Å². The molecular weight excluding hydrogens is 240 g/mol. The predicted molar refractivity (Wildman–Crippen MR) is 68.5 cm³/mol. The molecule has 1 aliphatic heterocycles. The van der Waals surface area contributed by atoms with Crippen LogP contribution in [0.15, 0.2) is 0 Å². The van der Waals surface area contributed by atoms with Crippen LogP contribution in [0.2, 0.25) is 12.1 Å². The molecule has 0 aliphatic carbocycles. The number of hydrogen-bond acceptors (Lipinski definition) is 4. The minimum atomic E-state index is -2.32. The third-order valence-corrected chi connectivity index (χ3v) is 8.80. The molecule has 1 rings (SSSR count). The lowest BCUT2D eigenvalue weighted by Crippen LogP contribution is -2.43. The predicted octanol–water partition coefficient (Wildman–Crippen LogP) is 0.978. The van der Waals surface area contributed by atoms with Crippen molar-refractivity contribution in [3.63, 3.8) is 0 Å². The standard InChI is InChI=1S/C10H24O4Si2/c1-11-16(12-2,13-3)9-8-15-10-6-4-5-7-14-10/h10H,4-9,15H2,1-3H3. The first-order chi connectivity index (χ1) is 7.76. The van der Waals surface area contributed by atoms with Crippen LogP contribution in [0, 0.1) is 0 Å². The fraction of sp³-hybridized carbons (Fsp3) is 1.00. The van der Waals surface area contributed by atoms with Crippen LogP contribution in [0.1, 0.15) is 19.3 Å². The highest BCUT2D eigenvalue weighted by molar-refractivity contribution is 6.62. The van der Waals surface area contributed by atoms with Crippen molar-refractivity contribution in [2.75, 3.05) is 27.9 Å². The minimum absolute atomic E-state index is 0.170. The minimum Gasteiger partial charge on any atom is -0.382 e. The molecule has 0 aromatic rings. The van der Waals surface area contributed by atoms with Crippen molar-refractivity contribution in [3.05, 3.63) is 0 Å². The molecule has 4 nitrogen and oxygen atoms in total. The van der Waals surface area contributed by atoms with Crippen molar-refractivity contribution < 1.29 is 18.0 Å². The van der Waals surface area contributed by atoms with Gasteiger partial charge in [0, 0.05) is 39.7 Å². The molecule has 1 aliphatic rings. The first-order valence-electron chi connectivity index (χ1n) is 6.03. The molecule has 0 bridgehead atoms. The zero-order valence-corrected chi connectivity index (χ0v) is 13.1. The van der Waals surface area contributed by atoms with Crippen molar-refractivity contribution in [1.29, 1.82) is 0 Å². The van der Waals surface area contributed by atoms with Crippen LogP contribution >= 0.6 is 0 Å². The van der Waals surface area contributed by atoms with Gasteiger partial charge in [0.2, 0.25) is 0 Å². The lowest BCUT2D eigenvalue weighted by molar-refractivity contribution is 0.0649. The molecule has 0 aromatic heterocycles. The molecule has 0 N–H and O–H groups in total. The van der Waals surface area contributed by atoms with Gasteiger partial charge in [-0.05, 0) is 19.3 Å². The van der Waals surface area contributed by atoms with Crippen LogP contribution in [-0.2, 0) is 18.0 Å². The van der Waals surface area contributed by atoms with E-state index in [-0.39, 0.29) is 9.52 Å². The summed E-state index contributed by atoms with van der Waals surface area (Å²) in [5, 5.41) is 0. The Morgan fingerprint density at radius 1 is 1.19 bits per heavy atom. The number of hydrogen-bond donors (Lipinski definition) is 0. The van der Waals surface area contributed by atoms with E-state index in [1.165, 1.54) is 25.3 Å². The van der Waals surface area contributed by atoms with Crippen LogP contribution in [0.3, 0.4) is 0 Å². The van der Waals surface area contributed by atoms with Crippen LogP contribution in [0.25, 0.3) is 0 Å². The topological polar surface area (TPSA) is 36.9 Å². The molecule has 6 heteroatoms. The summed E-state index contributed by atoms with van der Waals surface area (Å²) in [6.07, 6.45) is 3.82. The van der Waals surface area contributed by atoms with Crippen molar-refractivity contribution in [2.45, 2.75) is 37.1 Å². The molecule has 96 valence electrons. The van der Waals surface area contributed by atoms with Crippen molar-refractivity contribution in [1.82, 2.24) is 0 Å². The Labute approximate surface area is 102 Å². The van der Waals surface area contributed by atoms with Gasteiger partial charge in [-0.2, -0.15) is 0 Å². The fourth-order valence-corrected chi connectivity index (χ4v) is 7.16. The molecule has 0 saturated carbocycles. The third-order valence-electron chi connectivity index (χ3n) is 3.22. The Kier molecular flexibility index (Phi) is 6.78. The monoisotopic (exact) mass is 264 g/mol. The highest BCUT2D eigenvalue weighted by Crippen LogP contribution is 2.18. The van der Waals surface area contributed by atoms with Crippen molar-refractivity contribution in [3.8, 4) is 0 Å². The maximum Gasteiger partial charge on any atom is 0.499 e. The van der Waals surface area contributed by atoms with Crippen LogP contribution in [-0.4, -0.2) is 52.0 Å². The Bertz CT molecular complexity index is 173. The summed E-state index contributed by atoms with van der Waals surface area (Å²) in [5.41, 5.74) is 0.575. The second-order valence-corrected chi connectivity index (χ2v) is 9.46. The Morgan fingerprint density at radius 3 is 2.38 bits per heavy atom. The molecule has 0 radical (unpaired) electrons. The molecule has 1 saturated heterocycles. The molecule has 16 heavy (non-hydrogen) atoms. The summed E-state index contributed by atoms with van der Waals surface area (Å²) in [6.45, 7) is 0.957. The molecular formula is C10H24O4Si2. The molecule has 1 heterocycles. The van der Waals surface area contributed by atoms with Crippen molar-refractivity contribution >= 4 is 18.3 Å². The maximum absolute atomic E-state index is 5.75. The van der Waals surface area contributed by atoms with E-state index in [4.69, 9.17) is 18.0 Å². The highest BCUT2D eigenvalue weighted by atomic mass is 28.4. The fourth-order valence-electron chi connectivity index (χ4n) is 2.14. The summed E-state index contributed by atoms with van der Waals surface area (Å²) in [7, 11) is 2.54. The molecule has 1 unspecified atom stereocenters. The largest absolute Gasteiger partial charge is 0.499 e. The molecule has 0 amide bonds. The van der Waals surface area contributed by atoms with E-state index < -0.39 is 8.80 Å². The molecule has 1 atom stereocenters. The van der Waals surface area contributed by atoms with Crippen LogP contribution < -0.4 is 0 Å². The quantitative estimate of drug-likeness (QED) is 0.642. The maximum atomic E-state index is 5.75. The van der Waals surface area contributed by atoms with Gasteiger partial charge in [0.05, 0.1) is 9.52 Å². The summed E-state index contributed by atoms with van der Waals surface area (Å²) >= 11 is 0. The number of ether oxygens (including phenoxy) is 1. The van der Waals surface area contributed by atoms with Gasteiger partial charge in [-0.15, -0.1) is 0 Å². The second-order valence-electron chi connectivity index (χ2n) is 4.18. The van der Waals surface area contributed by atoms with Gasteiger partial charge < -0.3 is 18.0 Å². The summed E-state index contributed by atoms with van der Waals surface area (Å²) in [5.74, 6) is 0. The average Bonchev–Trinajstić information content (AvgIpc) is 2.37. The SMILES string of the molecule is CO[Si](CC[SiH2]C1CCCCO1)(OC)OC. The van der Waals surface area contributed by atoms with Gasteiger partial charge in [0.15, 0.2) is 0 Å². The second kappa shape index (κ2) is 7.57. The van der Waals surface area contributed by atoms with E-state index in [0.717, 1.165) is 12.7 Å². The Hall–Kier alpha value is 0.274. The first kappa shape index (κ1) is 14.3. The van der Waals surface area contributed by atoms with E-state index in [2.05, 4.69) is 0 Å². The lowest BCUT2D eigenvalue weighted by atomic mass is 10.2. The summed E-state index contributed by atoms with van der Waals surface area (Å²) < 4.78 is 22.0. The summed E-state index contributed by atoms with van der Waals surface area (Å²) in [4.78, 5) is 0. The van der Waals surface area contributed by atoms with E-state index in [1.807, 2.05) is 0 Å². The zero-order valence-electron chi connectivity index (χ0n) is 10.7. The highest BCUT2D eigenvalue weighted by Gasteiger charge is 2.37. The molecule has 0 aromatic carbocycles. The third kappa shape index (κ3) is 4.27. The molecule has 0 spiro atoms. The average molecular weight is 264 g/mol. The Balaban J connectivity index is 2.21. The van der Waals surface area contributed by atoms with E-state index >= 15 is 0 Å². The Morgan fingerprint density at radius 2 is 1.88 bits per heavy atom. The van der Waals surface area contributed by atoms with E-state index in [1.54, 1.807) is 21.3 Å². The normalized spacial score (nSPS) is 23.1. The zero-order chi connectivity index (χ0) is 11.9. The van der Waals surface area contributed by atoms with Gasteiger partial charge in [0.25, 0.3) is 0 Å². The van der Waals surface area contributed by atoms with Gasteiger partial charge in [-0.25, -0.2) is 0 Å². The lowest BCUT2D eigenvalue weighted by Gasteiger charge is -2.26. The van der Waals surface area contributed by atoms with Crippen LogP contribution in [0.5, 0.6) is 0 Å². The van der Waals surface area contributed by atoms with Gasteiger partial charge in [0.1, 0.15) is 0 Å². The van der Waals surface area contributed by atoms with Gasteiger partial charge >= 0.3 is 8.80 Å². The smallest absolute Gasteiger partial charge is 0.382 e. The number of rotatable bonds is 7. The van der Waals surface area contributed by atoms with Gasteiger partial charge in [-0.3, -0.25) is 0 Å². The molecule has 1 fully saturated rings.